The van der Waals surface area contributed by atoms with E-state index in [0.717, 1.165) is 22.8 Å². The van der Waals surface area contributed by atoms with Crippen molar-refractivity contribution in [2.24, 2.45) is 0 Å². The Morgan fingerprint density at radius 2 is 1.89 bits per heavy atom. The summed E-state index contributed by atoms with van der Waals surface area (Å²) in [6.07, 6.45) is 1.45. The molecule has 0 bridgehead atoms. The highest BCUT2D eigenvalue weighted by Gasteiger charge is 2.14. The van der Waals surface area contributed by atoms with Crippen LogP contribution >= 0.6 is 0 Å². The van der Waals surface area contributed by atoms with E-state index in [1.807, 2.05) is 32.0 Å². The fourth-order valence-electron chi connectivity index (χ4n) is 1.99. The number of carbonyl (C=O) groups is 1. The van der Waals surface area contributed by atoms with E-state index in [-0.39, 0.29) is 5.56 Å². The smallest absolute Gasteiger partial charge is 0.336 e. The van der Waals surface area contributed by atoms with Crippen LogP contribution in [0, 0.1) is 13.8 Å². The Kier molecular flexibility index (Phi) is 3.02. The molecule has 92 valence electrons. The number of aryl methyl sites for hydroxylation is 2. The Morgan fingerprint density at radius 1 is 1.17 bits per heavy atom. The Hall–Kier alpha value is -2.36. The molecule has 1 aromatic heterocycles. The summed E-state index contributed by atoms with van der Waals surface area (Å²) in [5.41, 5.74) is 3.03. The highest BCUT2D eigenvalue weighted by molar-refractivity contribution is 5.96. The van der Waals surface area contributed by atoms with Crippen molar-refractivity contribution in [1.29, 1.82) is 0 Å². The van der Waals surface area contributed by atoms with Crippen LogP contribution in [0.1, 0.15) is 21.5 Å². The molecule has 0 amide bonds. The lowest BCUT2D eigenvalue weighted by Crippen LogP contribution is -2.10. The molecule has 0 spiro atoms. The van der Waals surface area contributed by atoms with E-state index < -0.39 is 11.5 Å². The largest absolute Gasteiger partial charge is 0.478 e. The first-order valence-electron chi connectivity index (χ1n) is 5.52. The first kappa shape index (κ1) is 12.1. The summed E-state index contributed by atoms with van der Waals surface area (Å²) < 4.78 is 0. The molecule has 4 nitrogen and oxygen atoms in total. The van der Waals surface area contributed by atoms with Crippen LogP contribution in [0.5, 0.6) is 0 Å². The maximum Gasteiger partial charge on any atom is 0.336 e. The molecule has 1 aromatic carbocycles. The van der Waals surface area contributed by atoms with Crippen molar-refractivity contribution in [2.75, 3.05) is 0 Å². The van der Waals surface area contributed by atoms with Gasteiger partial charge in [-0.1, -0.05) is 23.8 Å². The third-order valence-electron chi connectivity index (χ3n) is 2.83. The zero-order valence-electron chi connectivity index (χ0n) is 10.2. The number of rotatable bonds is 2. The fourth-order valence-corrected chi connectivity index (χ4v) is 1.99. The number of aromatic nitrogens is 1. The molecule has 2 aromatic rings. The Bertz CT molecular complexity index is 671. The van der Waals surface area contributed by atoms with Crippen LogP contribution in [-0.2, 0) is 0 Å². The lowest BCUT2D eigenvalue weighted by molar-refractivity contribution is 0.0697. The van der Waals surface area contributed by atoms with Gasteiger partial charge in [-0.05, 0) is 25.0 Å². The molecule has 0 aliphatic carbocycles. The summed E-state index contributed by atoms with van der Waals surface area (Å²) in [7, 11) is 0. The molecule has 0 unspecified atom stereocenters. The predicted octanol–water partition coefficient (Wildman–Crippen LogP) is 2.36. The number of aromatic amines is 1. The minimum absolute atomic E-state index is 0.0192. The van der Waals surface area contributed by atoms with Crippen LogP contribution in [0.2, 0.25) is 0 Å². The van der Waals surface area contributed by atoms with Gasteiger partial charge in [-0.15, -0.1) is 0 Å². The fraction of sp³-hybridized carbons (Fsp3) is 0.143. The van der Waals surface area contributed by atoms with Crippen LogP contribution in [0.15, 0.2) is 35.3 Å². The van der Waals surface area contributed by atoms with Gasteiger partial charge in [0.05, 0.1) is 5.56 Å². The van der Waals surface area contributed by atoms with Crippen LogP contribution in [-0.4, -0.2) is 16.1 Å². The van der Waals surface area contributed by atoms with E-state index in [1.165, 1.54) is 6.20 Å². The number of carboxylic acid groups (broad SMARTS) is 1. The monoisotopic (exact) mass is 243 g/mol. The minimum atomic E-state index is -1.10. The van der Waals surface area contributed by atoms with Crippen LogP contribution < -0.4 is 5.56 Å². The third-order valence-corrected chi connectivity index (χ3v) is 2.83. The third kappa shape index (κ3) is 2.18. The summed E-state index contributed by atoms with van der Waals surface area (Å²) in [4.78, 5) is 24.9. The standard InChI is InChI=1S/C14H13NO3/c1-8-3-4-10(9(2)5-8)12-7-15-13(16)6-11(12)14(17)18/h3-7H,1-2H3,(H,15,16)(H,17,18). The van der Waals surface area contributed by atoms with Crippen molar-refractivity contribution in [3.63, 3.8) is 0 Å². The number of aromatic carboxylic acids is 1. The maximum atomic E-state index is 11.2. The van der Waals surface area contributed by atoms with E-state index in [2.05, 4.69) is 4.98 Å². The highest BCUT2D eigenvalue weighted by atomic mass is 16.4. The van der Waals surface area contributed by atoms with Gasteiger partial charge in [0, 0.05) is 17.8 Å². The van der Waals surface area contributed by atoms with Gasteiger partial charge in [-0.3, -0.25) is 4.79 Å². The molecular weight excluding hydrogens is 230 g/mol. The van der Waals surface area contributed by atoms with Gasteiger partial charge in [0.15, 0.2) is 0 Å². The van der Waals surface area contributed by atoms with Crippen molar-refractivity contribution in [2.45, 2.75) is 13.8 Å². The number of hydrogen-bond acceptors (Lipinski definition) is 2. The highest BCUT2D eigenvalue weighted by Crippen LogP contribution is 2.26. The average molecular weight is 243 g/mol. The first-order chi connectivity index (χ1) is 8.49. The number of pyridine rings is 1. The molecule has 0 fully saturated rings. The number of hydrogen-bond donors (Lipinski definition) is 2. The van der Waals surface area contributed by atoms with Gasteiger partial charge in [0.1, 0.15) is 0 Å². The quantitative estimate of drug-likeness (QED) is 0.850. The molecule has 0 aliphatic heterocycles. The van der Waals surface area contributed by atoms with Gasteiger partial charge < -0.3 is 10.1 Å². The maximum absolute atomic E-state index is 11.2. The second kappa shape index (κ2) is 4.49. The SMILES string of the molecule is Cc1ccc(-c2c[nH]c(=O)cc2C(=O)O)c(C)c1. The molecule has 2 N–H and O–H groups in total. The molecule has 18 heavy (non-hydrogen) atoms. The van der Waals surface area contributed by atoms with Crippen molar-refractivity contribution in [3.05, 3.63) is 57.5 Å². The lowest BCUT2D eigenvalue weighted by atomic mass is 9.96. The molecule has 0 radical (unpaired) electrons. The van der Waals surface area contributed by atoms with Crippen LogP contribution in [0.3, 0.4) is 0 Å². The summed E-state index contributed by atoms with van der Waals surface area (Å²) in [5.74, 6) is -1.10. The molecule has 2 rings (SSSR count). The Labute approximate surface area is 104 Å². The van der Waals surface area contributed by atoms with E-state index in [0.29, 0.717) is 5.56 Å². The first-order valence-corrected chi connectivity index (χ1v) is 5.52. The van der Waals surface area contributed by atoms with Crippen molar-refractivity contribution in [1.82, 2.24) is 4.98 Å². The van der Waals surface area contributed by atoms with Crippen molar-refractivity contribution in [3.8, 4) is 11.1 Å². The zero-order valence-corrected chi connectivity index (χ0v) is 10.2. The van der Waals surface area contributed by atoms with Crippen LogP contribution in [0.25, 0.3) is 11.1 Å². The minimum Gasteiger partial charge on any atom is -0.478 e. The van der Waals surface area contributed by atoms with Gasteiger partial charge in [-0.2, -0.15) is 0 Å². The number of H-pyrrole nitrogens is 1. The molecule has 0 aliphatic rings. The normalized spacial score (nSPS) is 10.3. The molecule has 1 heterocycles. The second-order valence-electron chi connectivity index (χ2n) is 4.25. The Morgan fingerprint density at radius 3 is 2.50 bits per heavy atom. The van der Waals surface area contributed by atoms with E-state index in [4.69, 9.17) is 5.11 Å². The molecule has 0 saturated heterocycles. The summed E-state index contributed by atoms with van der Waals surface area (Å²) in [6, 6.07) is 6.87. The summed E-state index contributed by atoms with van der Waals surface area (Å²) in [5, 5.41) is 9.14. The molecule has 0 saturated carbocycles. The number of carboxylic acids is 1. The molecular formula is C14H13NO3. The average Bonchev–Trinajstić information content (AvgIpc) is 2.29. The van der Waals surface area contributed by atoms with Gasteiger partial charge in [-0.25, -0.2) is 4.79 Å². The van der Waals surface area contributed by atoms with Gasteiger partial charge in [0.2, 0.25) is 5.56 Å². The van der Waals surface area contributed by atoms with Crippen molar-refractivity contribution < 1.29 is 9.90 Å². The summed E-state index contributed by atoms with van der Waals surface area (Å²) in [6.45, 7) is 3.89. The van der Waals surface area contributed by atoms with E-state index >= 15 is 0 Å². The van der Waals surface area contributed by atoms with Gasteiger partial charge >= 0.3 is 5.97 Å². The van der Waals surface area contributed by atoms with E-state index in [1.54, 1.807) is 0 Å². The predicted molar refractivity (Wildman–Crippen MR) is 68.9 cm³/mol. The van der Waals surface area contributed by atoms with Crippen LogP contribution in [0.4, 0.5) is 0 Å². The Balaban J connectivity index is 2.71. The van der Waals surface area contributed by atoms with Gasteiger partial charge in [0.25, 0.3) is 0 Å². The molecule has 0 atom stereocenters. The summed E-state index contributed by atoms with van der Waals surface area (Å²) >= 11 is 0. The lowest BCUT2D eigenvalue weighted by Gasteiger charge is -2.09. The number of nitrogens with one attached hydrogen (secondary N) is 1. The second-order valence-corrected chi connectivity index (χ2v) is 4.25. The molecule has 4 heteroatoms. The zero-order chi connectivity index (χ0) is 13.3. The van der Waals surface area contributed by atoms with E-state index in [9.17, 15) is 9.59 Å². The topological polar surface area (TPSA) is 70.2 Å². The van der Waals surface area contributed by atoms with Crippen molar-refractivity contribution >= 4 is 5.97 Å². The number of benzene rings is 1.